The Morgan fingerprint density at radius 2 is 1.77 bits per heavy atom. The van der Waals surface area contributed by atoms with Gasteiger partial charge in [-0.05, 0) is 98.1 Å². The molecule has 1 N–H and O–H groups in total. The molecular weight excluding hydrogens is 508 g/mol. The molecule has 1 saturated heterocycles. The Morgan fingerprint density at radius 1 is 1.02 bits per heavy atom. The quantitative estimate of drug-likeness (QED) is 0.363. The fourth-order valence-electron chi connectivity index (χ4n) is 5.14. The van der Waals surface area contributed by atoms with E-state index in [-0.39, 0.29) is 18.5 Å². The summed E-state index contributed by atoms with van der Waals surface area (Å²) in [5, 5.41) is 0. The number of aromatic nitrogens is 2. The molecule has 0 bridgehead atoms. The first-order chi connectivity index (χ1) is 19.3. The van der Waals surface area contributed by atoms with Gasteiger partial charge in [-0.25, -0.2) is 14.6 Å². The molecule has 0 radical (unpaired) electrons. The minimum atomic E-state index is -0.776. The lowest BCUT2D eigenvalue weighted by molar-refractivity contribution is 0.0659. The molecule has 1 aliphatic heterocycles. The number of carbonyl (C=O) groups is 1. The zero-order chi connectivity index (χ0) is 28.2. The molecule has 0 saturated carbocycles. The van der Waals surface area contributed by atoms with E-state index in [1.165, 1.54) is 0 Å². The zero-order valence-corrected chi connectivity index (χ0v) is 23.1. The predicted molar refractivity (Wildman–Crippen MR) is 153 cm³/mol. The topological polar surface area (TPSA) is 101 Å². The van der Waals surface area contributed by atoms with Crippen molar-refractivity contribution in [3.05, 3.63) is 110 Å². The maximum absolute atomic E-state index is 13.2. The molecular formula is C31H34N4O5. The number of likely N-dealkylation sites (tertiary alicyclic amines) is 1. The van der Waals surface area contributed by atoms with Crippen molar-refractivity contribution in [2.24, 2.45) is 0 Å². The molecule has 9 heteroatoms. The van der Waals surface area contributed by atoms with Crippen molar-refractivity contribution in [1.82, 2.24) is 19.5 Å². The van der Waals surface area contributed by atoms with E-state index in [2.05, 4.69) is 29.1 Å². The van der Waals surface area contributed by atoms with Crippen LogP contribution in [-0.4, -0.2) is 58.7 Å². The number of aromatic amines is 1. The highest BCUT2D eigenvalue weighted by atomic mass is 16.5. The van der Waals surface area contributed by atoms with Gasteiger partial charge < -0.3 is 19.1 Å². The molecule has 1 aliphatic rings. The van der Waals surface area contributed by atoms with E-state index in [1.54, 1.807) is 0 Å². The Morgan fingerprint density at radius 3 is 2.45 bits per heavy atom. The molecule has 2 heterocycles. The van der Waals surface area contributed by atoms with E-state index >= 15 is 0 Å². The third-order valence-electron chi connectivity index (χ3n) is 7.55. The van der Waals surface area contributed by atoms with Gasteiger partial charge in [-0.2, -0.15) is 0 Å². The Kier molecular flexibility index (Phi) is 8.02. The van der Waals surface area contributed by atoms with Crippen molar-refractivity contribution in [2.75, 3.05) is 27.2 Å². The number of ether oxygens (including phenoxy) is 1. The summed E-state index contributed by atoms with van der Waals surface area (Å²) in [5.41, 5.74) is 5.15. The van der Waals surface area contributed by atoms with Crippen LogP contribution in [0.5, 0.6) is 5.75 Å². The van der Waals surface area contributed by atoms with Crippen LogP contribution in [0.2, 0.25) is 0 Å². The molecule has 1 fully saturated rings. The van der Waals surface area contributed by atoms with E-state index in [1.807, 2.05) is 73.5 Å². The van der Waals surface area contributed by atoms with Gasteiger partial charge in [-0.3, -0.25) is 4.79 Å². The highest BCUT2D eigenvalue weighted by Gasteiger charge is 2.25. The molecule has 0 atom stereocenters. The summed E-state index contributed by atoms with van der Waals surface area (Å²) >= 11 is 0. The van der Waals surface area contributed by atoms with E-state index in [0.29, 0.717) is 17.9 Å². The number of benzene rings is 3. The van der Waals surface area contributed by atoms with Crippen LogP contribution in [0.25, 0.3) is 11.1 Å². The largest absolute Gasteiger partial charge is 0.489 e. The molecule has 0 unspecified atom stereocenters. The number of hydrogen-bond donors (Lipinski definition) is 1. The van der Waals surface area contributed by atoms with Crippen LogP contribution in [-0.2, 0) is 13.2 Å². The molecule has 3 aromatic carbocycles. The van der Waals surface area contributed by atoms with E-state index in [0.717, 1.165) is 58.5 Å². The second-order valence-corrected chi connectivity index (χ2v) is 10.5. The van der Waals surface area contributed by atoms with Crippen molar-refractivity contribution < 1.29 is 14.1 Å². The highest BCUT2D eigenvalue weighted by Crippen LogP contribution is 2.27. The van der Waals surface area contributed by atoms with E-state index in [4.69, 9.17) is 9.26 Å². The van der Waals surface area contributed by atoms with Crippen LogP contribution in [0, 0.1) is 6.92 Å². The molecule has 40 heavy (non-hydrogen) atoms. The molecule has 208 valence electrons. The second kappa shape index (κ2) is 11.8. The molecule has 5 rings (SSSR count). The Labute approximate surface area is 232 Å². The summed E-state index contributed by atoms with van der Waals surface area (Å²) in [4.78, 5) is 42.3. The van der Waals surface area contributed by atoms with Crippen LogP contribution in [0.3, 0.4) is 0 Å². The Balaban J connectivity index is 1.22. The van der Waals surface area contributed by atoms with Crippen molar-refractivity contribution in [3.63, 3.8) is 0 Å². The van der Waals surface area contributed by atoms with Crippen LogP contribution in [0.15, 0.2) is 80.8 Å². The fraction of sp³-hybridized carbons (Fsp3) is 0.323. The summed E-state index contributed by atoms with van der Waals surface area (Å²) in [6.07, 6.45) is 2.01. The van der Waals surface area contributed by atoms with Gasteiger partial charge in [0.25, 0.3) is 5.91 Å². The van der Waals surface area contributed by atoms with Gasteiger partial charge in [0.1, 0.15) is 12.4 Å². The average molecular weight is 543 g/mol. The van der Waals surface area contributed by atoms with Gasteiger partial charge in [-0.15, -0.1) is 4.74 Å². The molecule has 9 nitrogen and oxygen atoms in total. The Bertz CT molecular complexity index is 1590. The number of rotatable bonds is 8. The first-order valence-electron chi connectivity index (χ1n) is 13.4. The maximum atomic E-state index is 13.2. The van der Waals surface area contributed by atoms with Gasteiger partial charge >= 0.3 is 11.4 Å². The number of nitrogens with zero attached hydrogens (tertiary/aromatic N) is 3. The minimum absolute atomic E-state index is 0.0714. The third kappa shape index (κ3) is 6.26. The van der Waals surface area contributed by atoms with Crippen molar-refractivity contribution in [3.8, 4) is 16.9 Å². The smallest absolute Gasteiger partial charge is 0.440 e. The van der Waals surface area contributed by atoms with Crippen LogP contribution in [0.4, 0.5) is 0 Å². The molecule has 4 aromatic rings. The standard InChI is InChI=1S/C31H34N4O5/c1-21-17-25(29(36)34(3)26-13-15-33(2)16-14-26)9-12-28(21)24-6-4-5-23(18-24)20-39-27-10-7-22(8-11-27)19-35-30(37)32-31(38)40-35/h4-12,17-18,26H,13-16,19-20H2,1-3H3,(H,32,37,38). The van der Waals surface area contributed by atoms with Crippen LogP contribution < -0.4 is 16.2 Å². The summed E-state index contributed by atoms with van der Waals surface area (Å²) in [6, 6.07) is 21.7. The average Bonchev–Trinajstić information content (AvgIpc) is 3.28. The van der Waals surface area contributed by atoms with E-state index < -0.39 is 11.4 Å². The van der Waals surface area contributed by atoms with Crippen molar-refractivity contribution >= 4 is 5.91 Å². The molecule has 1 aromatic heterocycles. The van der Waals surface area contributed by atoms with Crippen molar-refractivity contribution in [2.45, 2.75) is 39.0 Å². The van der Waals surface area contributed by atoms with Gasteiger partial charge in [0.15, 0.2) is 0 Å². The normalized spacial score (nSPS) is 14.3. The number of amides is 1. The van der Waals surface area contributed by atoms with Crippen LogP contribution in [0.1, 0.15) is 39.9 Å². The predicted octanol–water partition coefficient (Wildman–Crippen LogP) is 3.90. The van der Waals surface area contributed by atoms with Crippen molar-refractivity contribution in [1.29, 1.82) is 0 Å². The minimum Gasteiger partial charge on any atom is -0.489 e. The van der Waals surface area contributed by atoms with Crippen LogP contribution >= 0.6 is 0 Å². The summed E-state index contributed by atoms with van der Waals surface area (Å²) in [6.45, 7) is 4.61. The highest BCUT2D eigenvalue weighted by molar-refractivity contribution is 5.95. The fourth-order valence-corrected chi connectivity index (χ4v) is 5.14. The zero-order valence-electron chi connectivity index (χ0n) is 23.1. The first-order valence-corrected chi connectivity index (χ1v) is 13.4. The molecule has 1 amide bonds. The summed E-state index contributed by atoms with van der Waals surface area (Å²) in [5.74, 6) is -0.0192. The monoisotopic (exact) mass is 542 g/mol. The molecule has 0 spiro atoms. The third-order valence-corrected chi connectivity index (χ3v) is 7.55. The van der Waals surface area contributed by atoms with E-state index in [9.17, 15) is 14.4 Å². The Hall–Kier alpha value is -4.37. The SMILES string of the molecule is Cc1cc(C(=O)N(C)C2CCN(C)CC2)ccc1-c1cccc(COc2ccc(Cn3oc(=O)[nH]c3=O)cc2)c1. The molecule has 0 aliphatic carbocycles. The summed E-state index contributed by atoms with van der Waals surface area (Å²) < 4.78 is 11.8. The summed E-state index contributed by atoms with van der Waals surface area (Å²) in [7, 11) is 4.04. The second-order valence-electron chi connectivity index (χ2n) is 10.5. The number of aryl methyl sites for hydroxylation is 1. The number of carbonyl (C=O) groups excluding carboxylic acids is 1. The lowest BCUT2D eigenvalue weighted by Gasteiger charge is -2.35. The van der Waals surface area contributed by atoms with Gasteiger partial charge in [0, 0.05) is 18.7 Å². The number of hydrogen-bond acceptors (Lipinski definition) is 6. The maximum Gasteiger partial charge on any atom is 0.440 e. The van der Waals surface area contributed by atoms with Gasteiger partial charge in [-0.1, -0.05) is 36.4 Å². The first kappa shape index (κ1) is 27.2. The number of nitrogens with one attached hydrogen (secondary N) is 1. The number of piperidine rings is 1. The number of H-pyrrole nitrogens is 1. The lowest BCUT2D eigenvalue weighted by atomic mass is 9.96. The van der Waals surface area contributed by atoms with Gasteiger partial charge in [0.2, 0.25) is 0 Å². The lowest BCUT2D eigenvalue weighted by Crippen LogP contribution is -2.44. The van der Waals surface area contributed by atoms with Gasteiger partial charge in [0.05, 0.1) is 6.54 Å².